The summed E-state index contributed by atoms with van der Waals surface area (Å²) in [5.74, 6) is 2.81. The third-order valence-electron chi connectivity index (χ3n) is 4.63. The Labute approximate surface area is 120 Å². The second-order valence-electron chi connectivity index (χ2n) is 5.74. The minimum absolute atomic E-state index is 0.468. The Balaban J connectivity index is 1.83. The monoisotopic (exact) mass is 277 g/mol. The van der Waals surface area contributed by atoms with E-state index in [2.05, 4.69) is 18.0 Å². The summed E-state index contributed by atoms with van der Waals surface area (Å²) in [7, 11) is 5.55. The molecule has 0 spiro atoms. The molecule has 1 aromatic carbocycles. The van der Waals surface area contributed by atoms with Crippen molar-refractivity contribution in [3.8, 4) is 17.2 Å². The molecule has 2 aliphatic heterocycles. The molecule has 1 unspecified atom stereocenters. The molecular weight excluding hydrogens is 254 g/mol. The van der Waals surface area contributed by atoms with Gasteiger partial charge < -0.3 is 19.1 Å². The number of hydrogen-bond donors (Lipinski definition) is 0. The molecule has 1 aromatic rings. The van der Waals surface area contributed by atoms with Gasteiger partial charge in [0.05, 0.1) is 20.8 Å². The van der Waals surface area contributed by atoms with Crippen LogP contribution in [0.3, 0.4) is 0 Å². The van der Waals surface area contributed by atoms with Gasteiger partial charge in [-0.05, 0) is 38.9 Å². The maximum atomic E-state index is 5.90. The van der Waals surface area contributed by atoms with Crippen molar-refractivity contribution < 1.29 is 14.2 Å². The summed E-state index contributed by atoms with van der Waals surface area (Å²) >= 11 is 0. The van der Waals surface area contributed by atoms with Gasteiger partial charge in [-0.1, -0.05) is 6.07 Å². The number of rotatable bonds is 4. The lowest BCUT2D eigenvalue weighted by Crippen LogP contribution is -2.27. The molecule has 3 rings (SSSR count). The van der Waals surface area contributed by atoms with Crippen LogP contribution in [0.4, 0.5) is 0 Å². The van der Waals surface area contributed by atoms with Gasteiger partial charge in [-0.2, -0.15) is 0 Å². The van der Waals surface area contributed by atoms with Crippen molar-refractivity contribution in [1.82, 2.24) is 4.90 Å². The van der Waals surface area contributed by atoms with E-state index in [-0.39, 0.29) is 0 Å². The third kappa shape index (κ3) is 2.22. The fourth-order valence-corrected chi connectivity index (χ4v) is 3.46. The molecule has 0 bridgehead atoms. The molecule has 0 aromatic heterocycles. The summed E-state index contributed by atoms with van der Waals surface area (Å²) in [6.45, 7) is 1.97. The van der Waals surface area contributed by atoms with Crippen LogP contribution in [0.5, 0.6) is 17.2 Å². The average Bonchev–Trinajstić information content (AvgIpc) is 3.05. The molecule has 4 nitrogen and oxygen atoms in total. The van der Waals surface area contributed by atoms with Gasteiger partial charge >= 0.3 is 0 Å². The number of likely N-dealkylation sites (tertiary alicyclic amines) is 1. The highest BCUT2D eigenvalue weighted by Gasteiger charge is 2.33. The van der Waals surface area contributed by atoms with Crippen molar-refractivity contribution >= 4 is 0 Å². The molecule has 2 atom stereocenters. The zero-order chi connectivity index (χ0) is 14.1. The lowest BCUT2D eigenvalue weighted by atomic mass is 9.92. The van der Waals surface area contributed by atoms with E-state index in [9.17, 15) is 0 Å². The zero-order valence-electron chi connectivity index (χ0n) is 12.5. The van der Waals surface area contributed by atoms with Crippen LogP contribution in [-0.4, -0.2) is 45.4 Å². The molecule has 2 aliphatic rings. The topological polar surface area (TPSA) is 30.9 Å². The van der Waals surface area contributed by atoms with Crippen LogP contribution in [0.2, 0.25) is 0 Å². The van der Waals surface area contributed by atoms with Crippen molar-refractivity contribution in [2.24, 2.45) is 0 Å². The Morgan fingerprint density at radius 1 is 1.30 bits per heavy atom. The molecule has 4 heteroatoms. The van der Waals surface area contributed by atoms with Crippen LogP contribution < -0.4 is 14.2 Å². The highest BCUT2D eigenvalue weighted by atomic mass is 16.5. The number of benzene rings is 1. The number of methoxy groups -OCH3 is 2. The minimum atomic E-state index is 0.468. The molecular formula is C16H23NO3. The van der Waals surface area contributed by atoms with Gasteiger partial charge in [-0.3, -0.25) is 0 Å². The average molecular weight is 277 g/mol. The maximum absolute atomic E-state index is 5.90. The van der Waals surface area contributed by atoms with Gasteiger partial charge in [0.15, 0.2) is 11.5 Å². The second-order valence-corrected chi connectivity index (χ2v) is 5.74. The molecule has 0 radical (unpaired) electrons. The van der Waals surface area contributed by atoms with E-state index >= 15 is 0 Å². The van der Waals surface area contributed by atoms with E-state index < -0.39 is 0 Å². The first kappa shape index (κ1) is 13.6. The fraction of sp³-hybridized carbons (Fsp3) is 0.625. The SMILES string of the molecule is COc1ccc2c(c1OC)OCC2C[C@H]1CCCN1C. The first-order valence-corrected chi connectivity index (χ1v) is 7.32. The summed E-state index contributed by atoms with van der Waals surface area (Å²) < 4.78 is 16.7. The van der Waals surface area contributed by atoms with E-state index in [1.807, 2.05) is 6.07 Å². The Hall–Kier alpha value is -1.42. The first-order valence-electron chi connectivity index (χ1n) is 7.32. The van der Waals surface area contributed by atoms with Crippen LogP contribution in [0.1, 0.15) is 30.7 Å². The molecule has 20 heavy (non-hydrogen) atoms. The largest absolute Gasteiger partial charge is 0.493 e. The van der Waals surface area contributed by atoms with Crippen LogP contribution in [-0.2, 0) is 0 Å². The van der Waals surface area contributed by atoms with Gasteiger partial charge in [-0.15, -0.1) is 0 Å². The van der Waals surface area contributed by atoms with E-state index in [4.69, 9.17) is 14.2 Å². The van der Waals surface area contributed by atoms with Crippen molar-refractivity contribution in [2.75, 3.05) is 34.4 Å². The van der Waals surface area contributed by atoms with E-state index in [0.29, 0.717) is 12.0 Å². The van der Waals surface area contributed by atoms with Crippen molar-refractivity contribution in [2.45, 2.75) is 31.2 Å². The lowest BCUT2D eigenvalue weighted by Gasteiger charge is -2.22. The van der Waals surface area contributed by atoms with E-state index in [0.717, 1.165) is 23.9 Å². The Morgan fingerprint density at radius 2 is 2.15 bits per heavy atom. The van der Waals surface area contributed by atoms with Crippen LogP contribution in [0.25, 0.3) is 0 Å². The Bertz CT molecular complexity index is 489. The van der Waals surface area contributed by atoms with E-state index in [1.165, 1.54) is 31.4 Å². The van der Waals surface area contributed by atoms with Gasteiger partial charge in [0.25, 0.3) is 0 Å². The second kappa shape index (κ2) is 5.52. The number of fused-ring (bicyclic) bond motifs is 1. The molecule has 2 heterocycles. The quantitative estimate of drug-likeness (QED) is 0.846. The van der Waals surface area contributed by atoms with Gasteiger partial charge in [0.2, 0.25) is 5.75 Å². The first-order chi connectivity index (χ1) is 9.74. The van der Waals surface area contributed by atoms with Crippen molar-refractivity contribution in [3.05, 3.63) is 17.7 Å². The maximum Gasteiger partial charge on any atom is 0.203 e. The minimum Gasteiger partial charge on any atom is -0.493 e. The van der Waals surface area contributed by atoms with Gasteiger partial charge in [0.1, 0.15) is 0 Å². The normalized spacial score (nSPS) is 25.4. The predicted octanol–water partition coefficient (Wildman–Crippen LogP) is 2.66. The van der Waals surface area contributed by atoms with Crippen LogP contribution >= 0.6 is 0 Å². The van der Waals surface area contributed by atoms with Crippen LogP contribution in [0, 0.1) is 0 Å². The van der Waals surface area contributed by atoms with Gasteiger partial charge in [0, 0.05) is 17.5 Å². The smallest absolute Gasteiger partial charge is 0.203 e. The fourth-order valence-electron chi connectivity index (χ4n) is 3.46. The van der Waals surface area contributed by atoms with E-state index in [1.54, 1.807) is 14.2 Å². The summed E-state index contributed by atoms with van der Waals surface area (Å²) in [5.41, 5.74) is 1.27. The summed E-state index contributed by atoms with van der Waals surface area (Å²) in [4.78, 5) is 2.47. The number of hydrogen-bond acceptors (Lipinski definition) is 4. The summed E-state index contributed by atoms with van der Waals surface area (Å²) in [6.07, 6.45) is 3.78. The molecule has 0 aliphatic carbocycles. The summed E-state index contributed by atoms with van der Waals surface area (Å²) in [6, 6.07) is 4.80. The summed E-state index contributed by atoms with van der Waals surface area (Å²) in [5, 5.41) is 0. The van der Waals surface area contributed by atoms with Crippen LogP contribution in [0.15, 0.2) is 12.1 Å². The molecule has 0 amide bonds. The number of nitrogens with zero attached hydrogens (tertiary/aromatic N) is 1. The zero-order valence-corrected chi connectivity index (χ0v) is 12.5. The molecule has 1 saturated heterocycles. The molecule has 0 N–H and O–H groups in total. The highest BCUT2D eigenvalue weighted by Crippen LogP contribution is 2.48. The Morgan fingerprint density at radius 3 is 2.80 bits per heavy atom. The third-order valence-corrected chi connectivity index (χ3v) is 4.63. The Kier molecular flexibility index (Phi) is 3.74. The lowest BCUT2D eigenvalue weighted by molar-refractivity contribution is 0.252. The molecule has 110 valence electrons. The number of ether oxygens (including phenoxy) is 3. The predicted molar refractivity (Wildman–Crippen MR) is 78.1 cm³/mol. The van der Waals surface area contributed by atoms with Crippen molar-refractivity contribution in [1.29, 1.82) is 0 Å². The molecule has 0 saturated carbocycles. The highest BCUT2D eigenvalue weighted by molar-refractivity contribution is 5.58. The van der Waals surface area contributed by atoms with Gasteiger partial charge in [-0.25, -0.2) is 0 Å². The molecule has 1 fully saturated rings. The van der Waals surface area contributed by atoms with Crippen molar-refractivity contribution in [3.63, 3.8) is 0 Å². The standard InChI is InChI=1S/C16H23NO3/c1-17-8-4-5-12(17)9-11-10-20-15-13(11)6-7-14(18-2)16(15)19-3/h6-7,11-12H,4-5,8-10H2,1-3H3/t11?,12-/m1/s1.